The van der Waals surface area contributed by atoms with Gasteiger partial charge >= 0.3 is 0 Å². The largest absolute Gasteiger partial charge is 0.379 e. The first kappa shape index (κ1) is 15.4. The number of H-pyrrole nitrogens is 1. The monoisotopic (exact) mass is 316 g/mol. The van der Waals surface area contributed by atoms with E-state index < -0.39 is 0 Å². The summed E-state index contributed by atoms with van der Waals surface area (Å²) in [5.41, 5.74) is 6.25. The standard InChI is InChI=1S/C15H20N6O2/c16-14(17-5-6-21-7-9-23-10-8-21)20-15-18-12-4-2-1-3-11(12)13(22)19-15/h1-4H,5-10H2,(H4,16,17,18,19,20,22). The molecule has 0 amide bonds. The van der Waals surface area contributed by atoms with Gasteiger partial charge in [-0.25, -0.2) is 4.98 Å². The van der Waals surface area contributed by atoms with E-state index in [1.165, 1.54) is 0 Å². The number of guanidine groups is 1. The van der Waals surface area contributed by atoms with Gasteiger partial charge in [0.1, 0.15) is 0 Å². The molecule has 8 nitrogen and oxygen atoms in total. The van der Waals surface area contributed by atoms with Gasteiger partial charge in [0.2, 0.25) is 5.95 Å². The number of aromatic amines is 1. The third kappa shape index (κ3) is 4.05. The summed E-state index contributed by atoms with van der Waals surface area (Å²) in [7, 11) is 0. The second-order valence-electron chi connectivity index (χ2n) is 5.28. The number of rotatable bonds is 4. The number of hydrogen-bond acceptors (Lipinski definition) is 5. The minimum absolute atomic E-state index is 0.209. The Hall–Kier alpha value is -2.45. The SMILES string of the molecule is NC(=NCCN1CCOCC1)Nc1nc2ccccc2c(=O)[nH]1. The predicted octanol–water partition coefficient (Wildman–Crippen LogP) is -0.0181. The molecular formula is C15H20N6O2. The molecular weight excluding hydrogens is 296 g/mol. The molecule has 0 unspecified atom stereocenters. The summed E-state index contributed by atoms with van der Waals surface area (Å²) in [4.78, 5) is 25.5. The van der Waals surface area contributed by atoms with Crippen LogP contribution in [0.25, 0.3) is 10.9 Å². The van der Waals surface area contributed by atoms with E-state index in [-0.39, 0.29) is 11.5 Å². The van der Waals surface area contributed by atoms with E-state index >= 15 is 0 Å². The fraction of sp³-hybridized carbons (Fsp3) is 0.400. The van der Waals surface area contributed by atoms with Gasteiger partial charge in [-0.2, -0.15) is 0 Å². The number of nitrogens with zero attached hydrogens (tertiary/aromatic N) is 3. The summed E-state index contributed by atoms with van der Waals surface area (Å²) < 4.78 is 5.30. The molecule has 2 aromatic rings. The molecule has 0 saturated carbocycles. The topological polar surface area (TPSA) is 109 Å². The van der Waals surface area contributed by atoms with Crippen molar-refractivity contribution < 1.29 is 4.74 Å². The smallest absolute Gasteiger partial charge is 0.260 e. The van der Waals surface area contributed by atoms with Crippen molar-refractivity contribution >= 4 is 22.8 Å². The first-order chi connectivity index (χ1) is 11.2. The third-order valence-electron chi connectivity index (χ3n) is 3.66. The van der Waals surface area contributed by atoms with Crippen LogP contribution >= 0.6 is 0 Å². The lowest BCUT2D eigenvalue weighted by molar-refractivity contribution is 0.0394. The van der Waals surface area contributed by atoms with Gasteiger partial charge in [0.15, 0.2) is 5.96 Å². The first-order valence-electron chi connectivity index (χ1n) is 7.58. The number of benzene rings is 1. The van der Waals surface area contributed by atoms with Crippen LogP contribution in [0, 0.1) is 0 Å². The van der Waals surface area contributed by atoms with Crippen LogP contribution in [0.4, 0.5) is 5.95 Å². The molecule has 0 bridgehead atoms. The number of ether oxygens (including phenoxy) is 1. The number of nitrogens with two attached hydrogens (primary N) is 1. The average Bonchev–Trinajstić information content (AvgIpc) is 2.56. The zero-order chi connectivity index (χ0) is 16.1. The van der Waals surface area contributed by atoms with Gasteiger partial charge in [0, 0.05) is 19.6 Å². The fourth-order valence-electron chi connectivity index (χ4n) is 2.44. The van der Waals surface area contributed by atoms with Gasteiger partial charge in [-0.1, -0.05) is 12.1 Å². The predicted molar refractivity (Wildman–Crippen MR) is 89.7 cm³/mol. The Labute approximate surface area is 133 Å². The lowest BCUT2D eigenvalue weighted by Crippen LogP contribution is -2.38. The van der Waals surface area contributed by atoms with Crippen molar-refractivity contribution in [1.29, 1.82) is 0 Å². The highest BCUT2D eigenvalue weighted by Crippen LogP contribution is 2.07. The van der Waals surface area contributed by atoms with Crippen LogP contribution in [0.1, 0.15) is 0 Å². The molecule has 1 aromatic carbocycles. The highest BCUT2D eigenvalue weighted by atomic mass is 16.5. The quantitative estimate of drug-likeness (QED) is 0.540. The number of aromatic nitrogens is 2. The fourth-order valence-corrected chi connectivity index (χ4v) is 2.44. The lowest BCUT2D eigenvalue weighted by atomic mass is 10.2. The van der Waals surface area contributed by atoms with Crippen molar-refractivity contribution in [2.24, 2.45) is 10.7 Å². The Bertz CT molecular complexity index is 751. The number of hydrogen-bond donors (Lipinski definition) is 3. The number of anilines is 1. The first-order valence-corrected chi connectivity index (χ1v) is 7.58. The Morgan fingerprint density at radius 3 is 3.00 bits per heavy atom. The molecule has 0 atom stereocenters. The average molecular weight is 316 g/mol. The van der Waals surface area contributed by atoms with Crippen LogP contribution in [-0.2, 0) is 4.74 Å². The van der Waals surface area contributed by atoms with Gasteiger partial charge in [0.05, 0.1) is 30.7 Å². The number of aliphatic imine (C=N–C) groups is 1. The molecule has 1 aromatic heterocycles. The summed E-state index contributed by atoms with van der Waals surface area (Å²) >= 11 is 0. The van der Waals surface area contributed by atoms with Gasteiger partial charge in [-0.3, -0.25) is 25.0 Å². The maximum absolute atomic E-state index is 12.0. The van der Waals surface area contributed by atoms with E-state index in [0.29, 0.717) is 23.4 Å². The zero-order valence-corrected chi connectivity index (χ0v) is 12.8. The normalized spacial score (nSPS) is 16.6. The Morgan fingerprint density at radius 2 is 2.17 bits per heavy atom. The van der Waals surface area contributed by atoms with Gasteiger partial charge in [-0.15, -0.1) is 0 Å². The Balaban J connectivity index is 1.61. The molecule has 4 N–H and O–H groups in total. The molecule has 1 aliphatic heterocycles. The van der Waals surface area contributed by atoms with Gasteiger partial charge in [-0.05, 0) is 12.1 Å². The van der Waals surface area contributed by atoms with Crippen LogP contribution in [0.15, 0.2) is 34.1 Å². The summed E-state index contributed by atoms with van der Waals surface area (Å²) in [5.74, 6) is 0.526. The Morgan fingerprint density at radius 1 is 1.39 bits per heavy atom. The molecule has 1 aliphatic rings. The number of nitrogens with one attached hydrogen (secondary N) is 2. The molecule has 0 radical (unpaired) electrons. The second-order valence-corrected chi connectivity index (χ2v) is 5.28. The van der Waals surface area contributed by atoms with E-state index in [9.17, 15) is 4.79 Å². The van der Waals surface area contributed by atoms with Crippen LogP contribution in [0.5, 0.6) is 0 Å². The minimum atomic E-state index is -0.209. The van der Waals surface area contributed by atoms with Crippen LogP contribution in [-0.4, -0.2) is 60.2 Å². The number of para-hydroxylation sites is 1. The molecule has 1 saturated heterocycles. The zero-order valence-electron chi connectivity index (χ0n) is 12.8. The minimum Gasteiger partial charge on any atom is -0.379 e. The molecule has 1 fully saturated rings. The van der Waals surface area contributed by atoms with Gasteiger partial charge in [0.25, 0.3) is 5.56 Å². The molecule has 3 rings (SSSR count). The van der Waals surface area contributed by atoms with Crippen molar-refractivity contribution in [2.75, 3.05) is 44.7 Å². The highest BCUT2D eigenvalue weighted by molar-refractivity contribution is 5.91. The number of fused-ring (bicyclic) bond motifs is 1. The van der Waals surface area contributed by atoms with E-state index in [1.807, 2.05) is 6.07 Å². The molecule has 8 heteroatoms. The summed E-state index contributed by atoms with van der Waals surface area (Å²) in [5, 5.41) is 3.37. The maximum Gasteiger partial charge on any atom is 0.260 e. The van der Waals surface area contributed by atoms with E-state index in [1.54, 1.807) is 18.2 Å². The lowest BCUT2D eigenvalue weighted by Gasteiger charge is -2.25. The molecule has 0 spiro atoms. The molecule has 122 valence electrons. The summed E-state index contributed by atoms with van der Waals surface area (Å²) in [6, 6.07) is 7.14. The Kier molecular flexibility index (Phi) is 4.84. The molecule has 23 heavy (non-hydrogen) atoms. The second kappa shape index (κ2) is 7.21. The van der Waals surface area contributed by atoms with Crippen molar-refractivity contribution in [2.45, 2.75) is 0 Å². The highest BCUT2D eigenvalue weighted by Gasteiger charge is 2.09. The van der Waals surface area contributed by atoms with Crippen molar-refractivity contribution in [3.05, 3.63) is 34.6 Å². The van der Waals surface area contributed by atoms with Crippen LogP contribution in [0.3, 0.4) is 0 Å². The van der Waals surface area contributed by atoms with E-state index in [2.05, 4.69) is 25.2 Å². The maximum atomic E-state index is 12.0. The van der Waals surface area contributed by atoms with E-state index in [0.717, 1.165) is 32.8 Å². The van der Waals surface area contributed by atoms with Crippen molar-refractivity contribution in [1.82, 2.24) is 14.9 Å². The molecule has 0 aliphatic carbocycles. The third-order valence-corrected chi connectivity index (χ3v) is 3.66. The molecule has 2 heterocycles. The van der Waals surface area contributed by atoms with Gasteiger partial charge < -0.3 is 10.5 Å². The van der Waals surface area contributed by atoms with Crippen molar-refractivity contribution in [3.63, 3.8) is 0 Å². The number of morpholine rings is 1. The van der Waals surface area contributed by atoms with Crippen molar-refractivity contribution in [3.8, 4) is 0 Å². The van der Waals surface area contributed by atoms with Crippen LogP contribution < -0.4 is 16.6 Å². The summed E-state index contributed by atoms with van der Waals surface area (Å²) in [6.07, 6.45) is 0. The van der Waals surface area contributed by atoms with E-state index in [4.69, 9.17) is 10.5 Å². The van der Waals surface area contributed by atoms with Crippen LogP contribution in [0.2, 0.25) is 0 Å². The summed E-state index contributed by atoms with van der Waals surface area (Å²) in [6.45, 7) is 4.77.